The first-order valence-corrected chi connectivity index (χ1v) is 7.86. The third-order valence-electron chi connectivity index (χ3n) is 4.44. The van der Waals surface area contributed by atoms with Gasteiger partial charge in [0.15, 0.2) is 0 Å². The predicted octanol–water partition coefficient (Wildman–Crippen LogP) is 3.90. The van der Waals surface area contributed by atoms with Crippen molar-refractivity contribution in [2.24, 2.45) is 11.8 Å². The Balaban J connectivity index is 1.65. The summed E-state index contributed by atoms with van der Waals surface area (Å²) in [7, 11) is 0. The van der Waals surface area contributed by atoms with E-state index in [1.54, 1.807) is 0 Å². The van der Waals surface area contributed by atoms with Crippen molar-refractivity contribution in [1.29, 1.82) is 0 Å². The number of imidazole rings is 1. The highest BCUT2D eigenvalue weighted by Gasteiger charge is 2.24. The molecule has 1 N–H and O–H groups in total. The van der Waals surface area contributed by atoms with Crippen molar-refractivity contribution in [3.63, 3.8) is 0 Å². The molecule has 1 aliphatic carbocycles. The zero-order valence-electron chi connectivity index (χ0n) is 12.1. The Morgan fingerprint density at radius 2 is 2.15 bits per heavy atom. The molecule has 0 amide bonds. The number of hydrogen-bond acceptors (Lipinski definition) is 2. The van der Waals surface area contributed by atoms with E-state index < -0.39 is 0 Å². The zero-order valence-corrected chi connectivity index (χ0v) is 12.9. The van der Waals surface area contributed by atoms with E-state index in [-0.39, 0.29) is 0 Å². The number of fused-ring (bicyclic) bond motifs is 1. The minimum absolute atomic E-state index is 0.625. The molecule has 0 radical (unpaired) electrons. The van der Waals surface area contributed by atoms with Crippen LogP contribution in [0.2, 0.25) is 5.02 Å². The van der Waals surface area contributed by atoms with Crippen molar-refractivity contribution in [2.75, 3.05) is 0 Å². The number of rotatable bonds is 3. The Morgan fingerprint density at radius 3 is 2.95 bits per heavy atom. The monoisotopic (exact) mass is 291 g/mol. The molecular weight excluding hydrogens is 270 g/mol. The molecule has 1 fully saturated rings. The normalized spacial score (nSPS) is 27.1. The lowest BCUT2D eigenvalue weighted by Crippen LogP contribution is -2.38. The summed E-state index contributed by atoms with van der Waals surface area (Å²) >= 11 is 6.00. The minimum atomic E-state index is 0.625. The minimum Gasteiger partial charge on any atom is -0.308 e. The molecule has 3 atom stereocenters. The maximum atomic E-state index is 6.00. The highest BCUT2D eigenvalue weighted by molar-refractivity contribution is 6.30. The molecule has 2 aromatic heterocycles. The van der Waals surface area contributed by atoms with Crippen molar-refractivity contribution >= 4 is 17.2 Å². The Hall–Kier alpha value is -1.06. The summed E-state index contributed by atoms with van der Waals surface area (Å²) in [6, 6.07) is 4.46. The van der Waals surface area contributed by atoms with Gasteiger partial charge in [0.25, 0.3) is 0 Å². The van der Waals surface area contributed by atoms with E-state index in [1.165, 1.54) is 19.3 Å². The molecule has 4 heteroatoms. The van der Waals surface area contributed by atoms with Crippen LogP contribution in [0, 0.1) is 11.8 Å². The van der Waals surface area contributed by atoms with Crippen LogP contribution in [0.4, 0.5) is 0 Å². The van der Waals surface area contributed by atoms with Crippen LogP contribution in [-0.4, -0.2) is 15.4 Å². The summed E-state index contributed by atoms with van der Waals surface area (Å²) in [5.41, 5.74) is 2.04. The van der Waals surface area contributed by atoms with Gasteiger partial charge in [-0.1, -0.05) is 25.4 Å². The van der Waals surface area contributed by atoms with Crippen molar-refractivity contribution in [3.8, 4) is 0 Å². The van der Waals surface area contributed by atoms with Gasteiger partial charge in [-0.15, -0.1) is 0 Å². The molecule has 1 saturated carbocycles. The van der Waals surface area contributed by atoms with E-state index >= 15 is 0 Å². The number of halogens is 1. The maximum Gasteiger partial charge on any atom is 0.137 e. The average molecular weight is 292 g/mol. The number of nitrogens with zero attached hydrogens (tertiary/aromatic N) is 2. The van der Waals surface area contributed by atoms with Gasteiger partial charge in [0.05, 0.1) is 10.7 Å². The third-order valence-corrected chi connectivity index (χ3v) is 4.67. The predicted molar refractivity (Wildman–Crippen MR) is 83.0 cm³/mol. The summed E-state index contributed by atoms with van der Waals surface area (Å²) in [4.78, 5) is 4.62. The molecule has 108 valence electrons. The number of aromatic nitrogens is 2. The lowest BCUT2D eigenvalue weighted by Gasteiger charge is -2.33. The molecule has 0 aliphatic heterocycles. The fraction of sp³-hybridized carbons (Fsp3) is 0.562. The molecule has 0 spiro atoms. The second kappa shape index (κ2) is 5.74. The van der Waals surface area contributed by atoms with Crippen LogP contribution in [-0.2, 0) is 6.54 Å². The van der Waals surface area contributed by atoms with Gasteiger partial charge in [0, 0.05) is 25.0 Å². The van der Waals surface area contributed by atoms with Gasteiger partial charge in [-0.2, -0.15) is 0 Å². The van der Waals surface area contributed by atoms with E-state index in [1.807, 2.05) is 22.7 Å². The maximum absolute atomic E-state index is 6.00. The van der Waals surface area contributed by atoms with Crippen LogP contribution in [0.25, 0.3) is 5.65 Å². The van der Waals surface area contributed by atoms with E-state index in [9.17, 15) is 0 Å². The molecule has 1 aliphatic rings. The number of pyridine rings is 1. The highest BCUT2D eigenvalue weighted by Crippen LogP contribution is 2.28. The van der Waals surface area contributed by atoms with Gasteiger partial charge >= 0.3 is 0 Å². The van der Waals surface area contributed by atoms with Crippen LogP contribution >= 0.6 is 11.6 Å². The van der Waals surface area contributed by atoms with Crippen molar-refractivity contribution in [2.45, 2.75) is 45.7 Å². The van der Waals surface area contributed by atoms with Crippen LogP contribution in [0.15, 0.2) is 24.5 Å². The summed E-state index contributed by atoms with van der Waals surface area (Å²) in [5.74, 6) is 1.63. The quantitative estimate of drug-likeness (QED) is 0.929. The van der Waals surface area contributed by atoms with Crippen LogP contribution in [0.1, 0.15) is 38.8 Å². The van der Waals surface area contributed by atoms with E-state index in [2.05, 4.69) is 30.3 Å². The van der Waals surface area contributed by atoms with Gasteiger partial charge in [0.2, 0.25) is 0 Å². The molecular formula is C16H22ClN3. The molecule has 2 heterocycles. The SMILES string of the molecule is CC1CCC(NCc2cn3cc(Cl)ccc3n2)C(C)C1. The Bertz CT molecular complexity index is 592. The molecule has 3 rings (SSSR count). The van der Waals surface area contributed by atoms with Gasteiger partial charge in [-0.25, -0.2) is 4.98 Å². The third kappa shape index (κ3) is 2.99. The number of nitrogens with one attached hydrogen (secondary N) is 1. The molecule has 0 aromatic carbocycles. The Kier molecular flexibility index (Phi) is 3.99. The summed E-state index contributed by atoms with van der Waals surface area (Å²) < 4.78 is 1.99. The topological polar surface area (TPSA) is 29.3 Å². The summed E-state index contributed by atoms with van der Waals surface area (Å²) in [6.45, 7) is 5.55. The lowest BCUT2D eigenvalue weighted by molar-refractivity contribution is 0.227. The average Bonchev–Trinajstić information content (AvgIpc) is 2.79. The lowest BCUT2D eigenvalue weighted by atomic mass is 9.80. The molecule has 3 nitrogen and oxygen atoms in total. The van der Waals surface area contributed by atoms with Gasteiger partial charge < -0.3 is 9.72 Å². The Morgan fingerprint density at radius 1 is 1.30 bits per heavy atom. The highest BCUT2D eigenvalue weighted by atomic mass is 35.5. The first kappa shape index (κ1) is 13.9. The van der Waals surface area contributed by atoms with E-state index in [0.29, 0.717) is 6.04 Å². The first-order chi connectivity index (χ1) is 9.61. The van der Waals surface area contributed by atoms with Gasteiger partial charge in [0.1, 0.15) is 5.65 Å². The van der Waals surface area contributed by atoms with Gasteiger partial charge in [-0.05, 0) is 43.2 Å². The first-order valence-electron chi connectivity index (χ1n) is 7.48. The molecule has 2 aromatic rings. The fourth-order valence-electron chi connectivity index (χ4n) is 3.31. The van der Waals surface area contributed by atoms with Crippen LogP contribution in [0.3, 0.4) is 0 Å². The smallest absolute Gasteiger partial charge is 0.137 e. The summed E-state index contributed by atoms with van der Waals surface area (Å²) in [6.07, 6.45) is 7.91. The van der Waals surface area contributed by atoms with Crippen molar-refractivity contribution in [1.82, 2.24) is 14.7 Å². The second-order valence-electron chi connectivity index (χ2n) is 6.23. The summed E-state index contributed by atoms with van der Waals surface area (Å²) in [5, 5.41) is 4.42. The van der Waals surface area contributed by atoms with E-state index in [0.717, 1.165) is 34.7 Å². The molecule has 20 heavy (non-hydrogen) atoms. The van der Waals surface area contributed by atoms with Gasteiger partial charge in [-0.3, -0.25) is 0 Å². The molecule has 0 bridgehead atoms. The standard InChI is InChI=1S/C16H22ClN3/c1-11-3-5-15(12(2)7-11)18-8-14-10-20-9-13(17)4-6-16(20)19-14/h4,6,9-12,15,18H,3,5,7-8H2,1-2H3. The van der Waals surface area contributed by atoms with Crippen molar-refractivity contribution in [3.05, 3.63) is 35.2 Å². The Labute approximate surface area is 125 Å². The van der Waals surface area contributed by atoms with Crippen LogP contribution in [0.5, 0.6) is 0 Å². The van der Waals surface area contributed by atoms with E-state index in [4.69, 9.17) is 11.6 Å². The molecule has 0 saturated heterocycles. The fourth-order valence-corrected chi connectivity index (χ4v) is 3.47. The molecule has 3 unspecified atom stereocenters. The largest absolute Gasteiger partial charge is 0.308 e. The zero-order chi connectivity index (χ0) is 14.1. The number of hydrogen-bond donors (Lipinski definition) is 1. The second-order valence-corrected chi connectivity index (χ2v) is 6.66. The van der Waals surface area contributed by atoms with Crippen LogP contribution < -0.4 is 5.32 Å². The van der Waals surface area contributed by atoms with Crippen molar-refractivity contribution < 1.29 is 0 Å².